The van der Waals surface area contributed by atoms with E-state index in [0.717, 1.165) is 18.8 Å². The van der Waals surface area contributed by atoms with Crippen molar-refractivity contribution in [2.75, 3.05) is 18.1 Å². The van der Waals surface area contributed by atoms with Gasteiger partial charge in [0.25, 0.3) is 0 Å². The Balaban J connectivity index is 0.000000429. The van der Waals surface area contributed by atoms with E-state index in [1.807, 2.05) is 26.1 Å². The van der Waals surface area contributed by atoms with Crippen LogP contribution < -0.4 is 4.90 Å². The van der Waals surface area contributed by atoms with Gasteiger partial charge in [0.1, 0.15) is 11.4 Å². The van der Waals surface area contributed by atoms with Crippen molar-refractivity contribution in [3.63, 3.8) is 0 Å². The van der Waals surface area contributed by atoms with Crippen LogP contribution in [-0.2, 0) is 4.74 Å². The molecule has 2 aliphatic rings. The third kappa shape index (κ3) is 4.96. The van der Waals surface area contributed by atoms with Crippen LogP contribution >= 0.6 is 0 Å². The van der Waals surface area contributed by atoms with E-state index in [-0.39, 0.29) is 5.97 Å². The molecule has 2 unspecified atom stereocenters. The molecule has 0 aromatic carbocycles. The summed E-state index contributed by atoms with van der Waals surface area (Å²) in [6.45, 7) is 11.6. The smallest absolute Gasteiger partial charge is 0.343 e. The van der Waals surface area contributed by atoms with Crippen molar-refractivity contribution in [1.29, 1.82) is 0 Å². The van der Waals surface area contributed by atoms with Crippen LogP contribution in [0.5, 0.6) is 0 Å². The third-order valence-electron chi connectivity index (χ3n) is 4.28. The maximum atomic E-state index is 11.9. The summed E-state index contributed by atoms with van der Waals surface area (Å²) in [5, 5.41) is 4.16. The normalized spacial score (nSPS) is 20.7. The van der Waals surface area contributed by atoms with Crippen LogP contribution in [0, 0.1) is 5.92 Å². The molecular weight excluding hydrogens is 328 g/mol. The summed E-state index contributed by atoms with van der Waals surface area (Å²) in [4.78, 5) is 18.9. The Bertz CT molecular complexity index is 708. The van der Waals surface area contributed by atoms with Crippen LogP contribution in [0.25, 0.3) is 5.65 Å². The Labute approximate surface area is 156 Å². The van der Waals surface area contributed by atoms with Crippen molar-refractivity contribution in [3.8, 4) is 0 Å². The molecule has 2 aromatic rings. The lowest BCUT2D eigenvalue weighted by atomic mass is 10.1. The Kier molecular flexibility index (Phi) is 7.42. The Morgan fingerprint density at radius 3 is 2.50 bits per heavy atom. The van der Waals surface area contributed by atoms with E-state index in [4.69, 9.17) is 4.74 Å². The summed E-state index contributed by atoms with van der Waals surface area (Å²) in [6.07, 6.45) is 9.02. The molecule has 1 saturated carbocycles. The highest BCUT2D eigenvalue weighted by Gasteiger charge is 2.27. The monoisotopic (exact) mass is 360 g/mol. The zero-order valence-corrected chi connectivity index (χ0v) is 16.7. The molecule has 0 radical (unpaired) electrons. The molecule has 0 amide bonds. The van der Waals surface area contributed by atoms with E-state index in [1.54, 1.807) is 11.4 Å². The van der Waals surface area contributed by atoms with Gasteiger partial charge in [-0.25, -0.2) is 14.3 Å². The summed E-state index contributed by atoms with van der Waals surface area (Å²) < 4.78 is 6.66. The van der Waals surface area contributed by atoms with E-state index in [0.29, 0.717) is 29.8 Å². The number of esters is 1. The minimum atomic E-state index is -0.375. The van der Waals surface area contributed by atoms with Gasteiger partial charge in [0.05, 0.1) is 12.8 Å². The molecular formula is C20H32N4O2. The Hall–Kier alpha value is -2.11. The summed E-state index contributed by atoms with van der Waals surface area (Å²) in [7, 11) is 0. The van der Waals surface area contributed by atoms with Gasteiger partial charge in [0.2, 0.25) is 0 Å². The highest BCUT2D eigenvalue weighted by molar-refractivity contribution is 5.95. The number of ether oxygens (including phenoxy) is 1. The average Bonchev–Trinajstić information content (AvgIpc) is 3.40. The molecule has 1 saturated heterocycles. The van der Waals surface area contributed by atoms with Crippen molar-refractivity contribution >= 4 is 17.4 Å². The number of hydrogen-bond donors (Lipinski definition) is 0. The van der Waals surface area contributed by atoms with Gasteiger partial charge in [-0.1, -0.05) is 40.0 Å². The van der Waals surface area contributed by atoms with Gasteiger partial charge >= 0.3 is 5.97 Å². The molecule has 0 N–H and O–H groups in total. The van der Waals surface area contributed by atoms with Gasteiger partial charge in [-0.3, -0.25) is 0 Å². The van der Waals surface area contributed by atoms with Crippen LogP contribution in [0.2, 0.25) is 0 Å². The van der Waals surface area contributed by atoms with Crippen molar-refractivity contribution in [2.24, 2.45) is 5.92 Å². The quantitative estimate of drug-likeness (QED) is 0.762. The standard InChI is InChI=1S/C15H20N4O2.C3H6.C2H6/c1-4-21-15(20)12-8-16-19-6-5-13(17-14(12)19)18-9-10(2)7-11(18)3;1-2-3-1;1-2/h5-6,8,10-11H,4,7,9H2,1-3H3;1-3H2;1-2H3. The second kappa shape index (κ2) is 9.55. The van der Waals surface area contributed by atoms with Crippen molar-refractivity contribution < 1.29 is 9.53 Å². The third-order valence-corrected chi connectivity index (χ3v) is 4.28. The fourth-order valence-electron chi connectivity index (χ4n) is 2.99. The minimum Gasteiger partial charge on any atom is -0.462 e. The fraction of sp³-hybridized carbons (Fsp3) is 0.650. The van der Waals surface area contributed by atoms with Crippen molar-refractivity contribution in [1.82, 2.24) is 14.6 Å². The van der Waals surface area contributed by atoms with Gasteiger partial charge in [0, 0.05) is 18.8 Å². The molecule has 2 atom stereocenters. The van der Waals surface area contributed by atoms with E-state index in [1.165, 1.54) is 25.5 Å². The second-order valence-corrected chi connectivity index (χ2v) is 6.74. The molecule has 26 heavy (non-hydrogen) atoms. The van der Waals surface area contributed by atoms with Gasteiger partial charge < -0.3 is 9.64 Å². The molecule has 6 heteroatoms. The number of fused-ring (bicyclic) bond motifs is 1. The maximum Gasteiger partial charge on any atom is 0.343 e. The number of rotatable bonds is 3. The maximum absolute atomic E-state index is 11.9. The number of anilines is 1. The predicted octanol–water partition coefficient (Wildman–Crippen LogP) is 4.34. The fourth-order valence-corrected chi connectivity index (χ4v) is 2.99. The topological polar surface area (TPSA) is 59.7 Å². The molecule has 6 nitrogen and oxygen atoms in total. The SMILES string of the molecule is C1CC1.CC.CCOC(=O)c1cnn2ccc(N3CC(C)CC3C)nc12. The molecule has 4 rings (SSSR count). The highest BCUT2D eigenvalue weighted by Crippen LogP contribution is 2.27. The summed E-state index contributed by atoms with van der Waals surface area (Å²) in [5.41, 5.74) is 0.969. The minimum absolute atomic E-state index is 0.344. The zero-order valence-electron chi connectivity index (χ0n) is 16.7. The first-order chi connectivity index (χ1) is 12.6. The molecule has 2 aromatic heterocycles. The van der Waals surface area contributed by atoms with Crippen molar-refractivity contribution in [2.45, 2.75) is 66.3 Å². The van der Waals surface area contributed by atoms with Crippen LogP contribution in [0.4, 0.5) is 5.82 Å². The van der Waals surface area contributed by atoms with Gasteiger partial charge in [-0.05, 0) is 32.3 Å². The number of carbonyl (C=O) groups is 1. The van der Waals surface area contributed by atoms with E-state index in [9.17, 15) is 4.79 Å². The number of carbonyl (C=O) groups excluding carboxylic acids is 1. The zero-order chi connectivity index (χ0) is 19.1. The molecule has 2 fully saturated rings. The predicted molar refractivity (Wildman–Crippen MR) is 105 cm³/mol. The highest BCUT2D eigenvalue weighted by atomic mass is 16.5. The van der Waals surface area contributed by atoms with Crippen LogP contribution in [-0.4, -0.2) is 39.8 Å². The molecule has 3 heterocycles. The lowest BCUT2D eigenvalue weighted by Crippen LogP contribution is -2.27. The first kappa shape index (κ1) is 20.2. The van der Waals surface area contributed by atoms with Gasteiger partial charge in [0.15, 0.2) is 5.65 Å². The Morgan fingerprint density at radius 2 is 1.96 bits per heavy atom. The molecule has 0 spiro atoms. The molecule has 0 bridgehead atoms. The van der Waals surface area contributed by atoms with Crippen molar-refractivity contribution in [3.05, 3.63) is 24.0 Å². The van der Waals surface area contributed by atoms with Gasteiger partial charge in [-0.2, -0.15) is 5.10 Å². The summed E-state index contributed by atoms with van der Waals surface area (Å²) >= 11 is 0. The van der Waals surface area contributed by atoms with Crippen LogP contribution in [0.1, 0.15) is 70.7 Å². The van der Waals surface area contributed by atoms with E-state index < -0.39 is 0 Å². The largest absolute Gasteiger partial charge is 0.462 e. The number of hydrogen-bond acceptors (Lipinski definition) is 5. The van der Waals surface area contributed by atoms with Crippen LogP contribution in [0.15, 0.2) is 18.5 Å². The number of aromatic nitrogens is 3. The summed E-state index contributed by atoms with van der Waals surface area (Å²) in [5.74, 6) is 1.18. The van der Waals surface area contributed by atoms with Gasteiger partial charge in [-0.15, -0.1) is 0 Å². The number of nitrogens with zero attached hydrogens (tertiary/aromatic N) is 4. The lowest BCUT2D eigenvalue weighted by Gasteiger charge is -2.22. The van der Waals surface area contributed by atoms with Crippen LogP contribution in [0.3, 0.4) is 0 Å². The summed E-state index contributed by atoms with van der Waals surface area (Å²) in [6, 6.07) is 2.41. The average molecular weight is 361 g/mol. The first-order valence-corrected chi connectivity index (χ1v) is 9.88. The molecule has 1 aliphatic carbocycles. The van der Waals surface area contributed by atoms with E-state index >= 15 is 0 Å². The Morgan fingerprint density at radius 1 is 1.27 bits per heavy atom. The lowest BCUT2D eigenvalue weighted by molar-refractivity contribution is 0.0528. The van der Waals surface area contributed by atoms with E-state index in [2.05, 4.69) is 28.8 Å². The first-order valence-electron chi connectivity index (χ1n) is 9.88. The molecule has 144 valence electrons. The molecule has 1 aliphatic heterocycles. The second-order valence-electron chi connectivity index (χ2n) is 6.74.